The van der Waals surface area contributed by atoms with Gasteiger partial charge in [0, 0.05) is 12.7 Å². The van der Waals surface area contributed by atoms with Crippen LogP contribution in [0.25, 0.3) is 0 Å². The number of fused-ring (bicyclic) bond motifs is 2. The summed E-state index contributed by atoms with van der Waals surface area (Å²) in [7, 11) is 1.85. The van der Waals surface area contributed by atoms with Crippen LogP contribution < -0.4 is 4.90 Å². The van der Waals surface area contributed by atoms with Crippen molar-refractivity contribution in [1.82, 2.24) is 0 Å². The summed E-state index contributed by atoms with van der Waals surface area (Å²) in [5.74, 6) is -0.164. The number of likely N-dealkylation sites (N-methyl/N-ethyl adjacent to an activating group) is 1. The summed E-state index contributed by atoms with van der Waals surface area (Å²) in [5, 5.41) is 0. The smallest absolute Gasteiger partial charge is 0.242 e. The first-order chi connectivity index (χ1) is 12.6. The van der Waals surface area contributed by atoms with Gasteiger partial charge in [0.05, 0.1) is 0 Å². The van der Waals surface area contributed by atoms with Crippen molar-refractivity contribution in [1.29, 1.82) is 0 Å². The Bertz CT molecular complexity index is 1040. The molecule has 0 bridgehead atoms. The van der Waals surface area contributed by atoms with Gasteiger partial charge in [0.25, 0.3) is 0 Å². The van der Waals surface area contributed by atoms with Gasteiger partial charge in [0.2, 0.25) is 5.91 Å². The zero-order chi connectivity index (χ0) is 17.9. The normalized spacial score (nSPS) is 20.1. The van der Waals surface area contributed by atoms with E-state index in [0.29, 0.717) is 6.42 Å². The molecule has 1 aliphatic heterocycles. The Morgan fingerprint density at radius 2 is 1.69 bits per heavy atom. The molecule has 5 rings (SSSR count). The number of amides is 1. The van der Waals surface area contributed by atoms with E-state index in [1.807, 2.05) is 31.3 Å². The maximum absolute atomic E-state index is 13.6. The van der Waals surface area contributed by atoms with E-state index in [1.165, 1.54) is 23.3 Å². The molecule has 3 aromatic rings. The lowest BCUT2D eigenvalue weighted by Gasteiger charge is -2.36. The van der Waals surface area contributed by atoms with Gasteiger partial charge < -0.3 is 4.90 Å². The zero-order valence-corrected chi connectivity index (χ0v) is 14.5. The van der Waals surface area contributed by atoms with Gasteiger partial charge in [-0.1, -0.05) is 48.5 Å². The first-order valence-corrected chi connectivity index (χ1v) is 8.84. The SMILES string of the molecule is CN1C(=O)C2(Cc3ccc(F)cc3)c3ccccc3Cc3cccc1c32. The third-order valence-electron chi connectivity index (χ3n) is 5.83. The highest BCUT2D eigenvalue weighted by molar-refractivity contribution is 6.11. The molecule has 0 aromatic heterocycles. The molecule has 0 saturated carbocycles. The van der Waals surface area contributed by atoms with Crippen LogP contribution in [-0.2, 0) is 23.1 Å². The van der Waals surface area contributed by atoms with Crippen molar-refractivity contribution in [2.75, 3.05) is 11.9 Å². The quantitative estimate of drug-likeness (QED) is 0.682. The largest absolute Gasteiger partial charge is 0.314 e. The lowest BCUT2D eigenvalue weighted by atomic mass is 9.64. The van der Waals surface area contributed by atoms with Crippen LogP contribution in [0.5, 0.6) is 0 Å². The Balaban J connectivity index is 1.81. The van der Waals surface area contributed by atoms with Gasteiger partial charge in [-0.3, -0.25) is 4.79 Å². The van der Waals surface area contributed by atoms with Crippen molar-refractivity contribution in [3.8, 4) is 0 Å². The molecule has 1 unspecified atom stereocenters. The highest BCUT2D eigenvalue weighted by Gasteiger charge is 2.54. The molecule has 3 aromatic carbocycles. The average molecular weight is 343 g/mol. The Labute approximate surface area is 151 Å². The van der Waals surface area contributed by atoms with E-state index >= 15 is 0 Å². The summed E-state index contributed by atoms with van der Waals surface area (Å²) in [6.07, 6.45) is 1.38. The van der Waals surface area contributed by atoms with Crippen LogP contribution in [0.1, 0.15) is 27.8 Å². The molecule has 1 atom stereocenters. The topological polar surface area (TPSA) is 20.3 Å². The van der Waals surface area contributed by atoms with Gasteiger partial charge in [-0.25, -0.2) is 4.39 Å². The van der Waals surface area contributed by atoms with E-state index in [4.69, 9.17) is 0 Å². The fraction of sp³-hybridized carbons (Fsp3) is 0.174. The molecule has 2 aliphatic rings. The van der Waals surface area contributed by atoms with Crippen molar-refractivity contribution in [2.24, 2.45) is 0 Å². The number of benzene rings is 3. The van der Waals surface area contributed by atoms with Crippen LogP contribution in [0.3, 0.4) is 0 Å². The second-order valence-electron chi connectivity index (χ2n) is 7.22. The van der Waals surface area contributed by atoms with Crippen molar-refractivity contribution in [2.45, 2.75) is 18.3 Å². The molecular formula is C23H18FNO. The minimum Gasteiger partial charge on any atom is -0.314 e. The molecule has 0 saturated heterocycles. The van der Waals surface area contributed by atoms with Crippen molar-refractivity contribution in [3.63, 3.8) is 0 Å². The summed E-state index contributed by atoms with van der Waals surface area (Å²) < 4.78 is 13.4. The van der Waals surface area contributed by atoms with Crippen LogP contribution in [0, 0.1) is 5.82 Å². The molecule has 0 N–H and O–H groups in total. The van der Waals surface area contributed by atoms with Gasteiger partial charge in [-0.2, -0.15) is 0 Å². The Hall–Kier alpha value is -2.94. The number of carbonyl (C=O) groups is 1. The van der Waals surface area contributed by atoms with Crippen LogP contribution in [0.4, 0.5) is 10.1 Å². The highest BCUT2D eigenvalue weighted by Crippen LogP contribution is 2.53. The predicted octanol–water partition coefficient (Wildman–Crippen LogP) is 4.24. The molecule has 0 spiro atoms. The Morgan fingerprint density at radius 1 is 0.962 bits per heavy atom. The maximum Gasteiger partial charge on any atom is 0.242 e. The fourth-order valence-corrected chi connectivity index (χ4v) is 4.72. The molecule has 26 heavy (non-hydrogen) atoms. The van der Waals surface area contributed by atoms with Gasteiger partial charge in [0.15, 0.2) is 0 Å². The number of halogens is 1. The molecule has 0 fully saturated rings. The number of hydrogen-bond donors (Lipinski definition) is 0. The highest BCUT2D eigenvalue weighted by atomic mass is 19.1. The van der Waals surface area contributed by atoms with E-state index in [-0.39, 0.29) is 11.7 Å². The van der Waals surface area contributed by atoms with Crippen molar-refractivity contribution >= 4 is 11.6 Å². The van der Waals surface area contributed by atoms with Crippen molar-refractivity contribution in [3.05, 3.63) is 100 Å². The first kappa shape index (κ1) is 15.3. The monoisotopic (exact) mass is 343 g/mol. The summed E-state index contributed by atoms with van der Waals surface area (Å²) in [6, 6.07) is 20.9. The summed E-state index contributed by atoms with van der Waals surface area (Å²) in [6.45, 7) is 0. The molecule has 1 amide bonds. The Morgan fingerprint density at radius 3 is 2.50 bits per heavy atom. The van der Waals surface area contributed by atoms with Gasteiger partial charge in [-0.05, 0) is 58.9 Å². The van der Waals surface area contributed by atoms with E-state index in [9.17, 15) is 9.18 Å². The van der Waals surface area contributed by atoms with E-state index in [2.05, 4.69) is 18.2 Å². The second-order valence-corrected chi connectivity index (χ2v) is 7.22. The third kappa shape index (κ3) is 1.88. The number of rotatable bonds is 2. The summed E-state index contributed by atoms with van der Waals surface area (Å²) >= 11 is 0. The van der Waals surface area contributed by atoms with Crippen molar-refractivity contribution < 1.29 is 9.18 Å². The molecule has 1 heterocycles. The van der Waals surface area contributed by atoms with Crippen LogP contribution in [0.15, 0.2) is 66.7 Å². The number of hydrogen-bond acceptors (Lipinski definition) is 1. The maximum atomic E-state index is 13.6. The lowest BCUT2D eigenvalue weighted by Crippen LogP contribution is -2.44. The van der Waals surface area contributed by atoms with Gasteiger partial charge in [0.1, 0.15) is 11.2 Å². The van der Waals surface area contributed by atoms with Crippen LogP contribution in [-0.4, -0.2) is 13.0 Å². The lowest BCUT2D eigenvalue weighted by molar-refractivity contribution is -0.121. The number of carbonyl (C=O) groups excluding carboxylic acids is 1. The summed E-state index contributed by atoms with van der Waals surface area (Å²) in [4.78, 5) is 15.4. The minimum absolute atomic E-state index is 0.0939. The van der Waals surface area contributed by atoms with Gasteiger partial charge >= 0.3 is 0 Å². The zero-order valence-electron chi connectivity index (χ0n) is 14.5. The van der Waals surface area contributed by atoms with Crippen LogP contribution in [0.2, 0.25) is 0 Å². The molecule has 1 aliphatic carbocycles. The molecule has 3 heteroatoms. The standard InChI is InChI=1S/C23H18FNO/c1-25-20-8-4-6-17-13-16-5-2-3-7-19(16)23(21(17)20,22(25)26)14-15-9-11-18(24)12-10-15/h2-12H,13-14H2,1H3. The second kappa shape index (κ2) is 5.28. The molecular weight excluding hydrogens is 325 g/mol. The van der Waals surface area contributed by atoms with E-state index < -0.39 is 5.41 Å². The fourth-order valence-electron chi connectivity index (χ4n) is 4.72. The first-order valence-electron chi connectivity index (χ1n) is 8.84. The predicted molar refractivity (Wildman–Crippen MR) is 100.0 cm³/mol. The Kier molecular flexibility index (Phi) is 3.11. The minimum atomic E-state index is -0.729. The van der Waals surface area contributed by atoms with Crippen LogP contribution >= 0.6 is 0 Å². The third-order valence-corrected chi connectivity index (χ3v) is 5.83. The number of nitrogens with zero attached hydrogens (tertiary/aromatic N) is 1. The number of anilines is 1. The molecule has 0 radical (unpaired) electrons. The summed E-state index contributed by atoms with van der Waals surface area (Å²) in [5.41, 5.74) is 5.84. The molecule has 2 nitrogen and oxygen atoms in total. The average Bonchev–Trinajstić information content (AvgIpc) is 2.88. The van der Waals surface area contributed by atoms with Gasteiger partial charge in [-0.15, -0.1) is 0 Å². The van der Waals surface area contributed by atoms with E-state index in [0.717, 1.165) is 28.8 Å². The van der Waals surface area contributed by atoms with E-state index in [1.54, 1.807) is 17.0 Å². The molecule has 128 valence electrons.